The molecule has 1 aromatic heterocycles. The maximum absolute atomic E-state index is 12.0. The van der Waals surface area contributed by atoms with Gasteiger partial charge in [0.25, 0.3) is 5.91 Å². The van der Waals surface area contributed by atoms with Crippen LogP contribution in [0.1, 0.15) is 16.1 Å². The van der Waals surface area contributed by atoms with Crippen molar-refractivity contribution in [3.63, 3.8) is 0 Å². The number of primary sulfonamides is 1. The number of halogens is 1. The zero-order chi connectivity index (χ0) is 14.9. The van der Waals surface area contributed by atoms with Crippen LogP contribution in [0.2, 0.25) is 5.02 Å². The maximum atomic E-state index is 12.0. The Morgan fingerprint density at radius 2 is 2.05 bits per heavy atom. The maximum Gasteiger partial charge on any atom is 0.259 e. The van der Waals surface area contributed by atoms with E-state index in [1.807, 2.05) is 0 Å². The monoisotopic (exact) mass is 314 g/mol. The zero-order valence-electron chi connectivity index (χ0n) is 10.4. The first-order valence-electron chi connectivity index (χ1n) is 5.47. The zero-order valence-corrected chi connectivity index (χ0v) is 12.0. The molecular weight excluding hydrogens is 304 g/mol. The smallest absolute Gasteiger partial charge is 0.259 e. The summed E-state index contributed by atoms with van der Waals surface area (Å²) in [6.07, 6.45) is 1.38. The van der Waals surface area contributed by atoms with Crippen LogP contribution in [0, 0.1) is 6.92 Å². The third-order valence-electron chi connectivity index (χ3n) is 2.62. The van der Waals surface area contributed by atoms with E-state index in [0.717, 1.165) is 0 Å². The van der Waals surface area contributed by atoms with Gasteiger partial charge in [-0.05, 0) is 31.2 Å². The first-order chi connectivity index (χ1) is 9.29. The molecule has 1 aromatic carbocycles. The number of hydrogen-bond donors (Lipinski definition) is 2. The largest absolute Gasteiger partial charge is 0.469 e. The predicted molar refractivity (Wildman–Crippen MR) is 74.2 cm³/mol. The molecule has 0 unspecified atom stereocenters. The summed E-state index contributed by atoms with van der Waals surface area (Å²) < 4.78 is 27.6. The summed E-state index contributed by atoms with van der Waals surface area (Å²) in [5.74, 6) is -0.00839. The number of nitrogens with two attached hydrogens (primary N) is 1. The van der Waals surface area contributed by atoms with Crippen molar-refractivity contribution in [3.8, 4) is 0 Å². The second-order valence-corrected chi connectivity index (χ2v) is 6.00. The Balaban J connectivity index is 2.34. The fourth-order valence-corrected chi connectivity index (χ4v) is 2.29. The van der Waals surface area contributed by atoms with E-state index >= 15 is 0 Å². The van der Waals surface area contributed by atoms with Gasteiger partial charge in [-0.25, -0.2) is 13.6 Å². The van der Waals surface area contributed by atoms with Crippen LogP contribution in [0.3, 0.4) is 0 Å². The van der Waals surface area contributed by atoms with Gasteiger partial charge in [0.15, 0.2) is 0 Å². The van der Waals surface area contributed by atoms with Gasteiger partial charge in [-0.15, -0.1) is 0 Å². The summed E-state index contributed by atoms with van der Waals surface area (Å²) in [7, 11) is -3.87. The molecule has 1 amide bonds. The molecule has 0 aliphatic carbocycles. The van der Waals surface area contributed by atoms with Crippen molar-refractivity contribution in [1.82, 2.24) is 0 Å². The molecule has 1 heterocycles. The van der Waals surface area contributed by atoms with Crippen LogP contribution in [-0.2, 0) is 10.0 Å². The van der Waals surface area contributed by atoms with Crippen LogP contribution in [0.15, 0.2) is 39.8 Å². The average Bonchev–Trinajstić information content (AvgIpc) is 2.77. The van der Waals surface area contributed by atoms with Crippen molar-refractivity contribution in [3.05, 3.63) is 46.9 Å². The summed E-state index contributed by atoms with van der Waals surface area (Å²) in [5.41, 5.74) is 0.492. The van der Waals surface area contributed by atoms with Crippen molar-refractivity contribution >= 4 is 33.2 Å². The molecule has 2 rings (SSSR count). The molecule has 0 saturated carbocycles. The van der Waals surface area contributed by atoms with E-state index in [-0.39, 0.29) is 15.6 Å². The molecule has 0 aliphatic heterocycles. The number of hydrogen-bond acceptors (Lipinski definition) is 4. The third-order valence-corrected chi connectivity index (χ3v) is 3.86. The molecule has 3 N–H and O–H groups in total. The van der Waals surface area contributed by atoms with Gasteiger partial charge in [0, 0.05) is 0 Å². The van der Waals surface area contributed by atoms with Crippen LogP contribution in [0.25, 0.3) is 0 Å². The highest BCUT2D eigenvalue weighted by Crippen LogP contribution is 2.25. The summed E-state index contributed by atoms with van der Waals surface area (Å²) in [6, 6.07) is 5.31. The van der Waals surface area contributed by atoms with Crippen LogP contribution in [0.4, 0.5) is 5.69 Å². The van der Waals surface area contributed by atoms with E-state index in [2.05, 4.69) is 5.32 Å². The highest BCUT2D eigenvalue weighted by Gasteiger charge is 2.15. The van der Waals surface area contributed by atoms with Crippen molar-refractivity contribution < 1.29 is 17.6 Å². The minimum Gasteiger partial charge on any atom is -0.469 e. The number of amides is 1. The number of sulfonamides is 1. The lowest BCUT2D eigenvalue weighted by Crippen LogP contribution is -2.15. The Labute approximate surface area is 120 Å². The molecule has 20 heavy (non-hydrogen) atoms. The number of carbonyl (C=O) groups excluding carboxylic acids is 1. The molecule has 0 radical (unpaired) electrons. The quantitative estimate of drug-likeness (QED) is 0.905. The molecule has 106 valence electrons. The number of nitrogens with one attached hydrogen (secondary N) is 1. The Bertz CT molecular complexity index is 768. The third kappa shape index (κ3) is 3.01. The second-order valence-electron chi connectivity index (χ2n) is 4.03. The summed E-state index contributed by atoms with van der Waals surface area (Å²) in [6.45, 7) is 1.64. The second kappa shape index (κ2) is 5.28. The number of carbonyl (C=O) groups is 1. The molecule has 0 atom stereocenters. The average molecular weight is 315 g/mol. The molecule has 0 aliphatic rings. The number of furan rings is 1. The van der Waals surface area contributed by atoms with Gasteiger partial charge in [0.2, 0.25) is 10.0 Å². The van der Waals surface area contributed by atoms with Crippen LogP contribution in [-0.4, -0.2) is 14.3 Å². The minimum absolute atomic E-state index is 0.138. The van der Waals surface area contributed by atoms with E-state index < -0.39 is 15.9 Å². The Morgan fingerprint density at radius 3 is 2.60 bits per heavy atom. The molecule has 6 nitrogen and oxygen atoms in total. The van der Waals surface area contributed by atoms with Gasteiger partial charge < -0.3 is 9.73 Å². The Hall–Kier alpha value is -1.83. The number of aryl methyl sites for hydroxylation is 1. The van der Waals surface area contributed by atoms with E-state index in [1.54, 1.807) is 6.92 Å². The Morgan fingerprint density at radius 1 is 1.35 bits per heavy atom. The fourth-order valence-electron chi connectivity index (χ4n) is 1.59. The van der Waals surface area contributed by atoms with Gasteiger partial charge >= 0.3 is 0 Å². The molecule has 8 heteroatoms. The van der Waals surface area contributed by atoms with Crippen molar-refractivity contribution in [2.45, 2.75) is 11.8 Å². The van der Waals surface area contributed by atoms with Crippen LogP contribution in [0.5, 0.6) is 0 Å². The van der Waals surface area contributed by atoms with E-state index in [0.29, 0.717) is 11.3 Å². The number of benzene rings is 1. The van der Waals surface area contributed by atoms with Gasteiger partial charge in [-0.2, -0.15) is 0 Å². The molecular formula is C12H11ClN2O4S. The van der Waals surface area contributed by atoms with Crippen molar-refractivity contribution in [2.75, 3.05) is 5.32 Å². The normalized spacial score (nSPS) is 11.3. The van der Waals surface area contributed by atoms with Crippen LogP contribution >= 0.6 is 11.6 Å². The van der Waals surface area contributed by atoms with E-state index in [1.165, 1.54) is 30.5 Å². The van der Waals surface area contributed by atoms with Crippen LogP contribution < -0.4 is 10.5 Å². The van der Waals surface area contributed by atoms with E-state index in [9.17, 15) is 13.2 Å². The summed E-state index contributed by atoms with van der Waals surface area (Å²) >= 11 is 5.92. The highest BCUT2D eigenvalue weighted by atomic mass is 35.5. The molecule has 0 saturated heterocycles. The lowest BCUT2D eigenvalue weighted by atomic mass is 10.2. The lowest BCUT2D eigenvalue weighted by molar-refractivity contribution is 0.102. The van der Waals surface area contributed by atoms with Gasteiger partial charge in [-0.3, -0.25) is 4.79 Å². The molecule has 0 fully saturated rings. The number of anilines is 1. The summed E-state index contributed by atoms with van der Waals surface area (Å²) in [5, 5.41) is 7.74. The molecule has 2 aromatic rings. The summed E-state index contributed by atoms with van der Waals surface area (Å²) in [4.78, 5) is 11.9. The number of rotatable bonds is 3. The molecule has 0 spiro atoms. The first-order valence-corrected chi connectivity index (χ1v) is 7.39. The van der Waals surface area contributed by atoms with Crippen molar-refractivity contribution in [2.24, 2.45) is 5.14 Å². The molecule has 0 bridgehead atoms. The SMILES string of the molecule is Cc1occc1C(=O)Nc1cc(S(N)(=O)=O)ccc1Cl. The van der Waals surface area contributed by atoms with Gasteiger partial charge in [0.05, 0.1) is 27.4 Å². The fraction of sp³-hybridized carbons (Fsp3) is 0.0833. The van der Waals surface area contributed by atoms with Gasteiger partial charge in [-0.1, -0.05) is 11.6 Å². The first kappa shape index (κ1) is 14.6. The Kier molecular flexibility index (Phi) is 3.85. The predicted octanol–water partition coefficient (Wildman–Crippen LogP) is 2.14. The standard InChI is InChI=1S/C12H11ClN2O4S/c1-7-9(4-5-19-7)12(16)15-11-6-8(20(14,17)18)2-3-10(11)13/h2-6H,1H3,(H,15,16)(H2,14,17,18). The highest BCUT2D eigenvalue weighted by molar-refractivity contribution is 7.89. The van der Waals surface area contributed by atoms with Gasteiger partial charge in [0.1, 0.15) is 5.76 Å². The lowest BCUT2D eigenvalue weighted by Gasteiger charge is -2.08. The minimum atomic E-state index is -3.87. The topological polar surface area (TPSA) is 102 Å². The van der Waals surface area contributed by atoms with E-state index in [4.69, 9.17) is 21.2 Å². The van der Waals surface area contributed by atoms with Crippen molar-refractivity contribution in [1.29, 1.82) is 0 Å².